The fourth-order valence-electron chi connectivity index (χ4n) is 2.73. The summed E-state index contributed by atoms with van der Waals surface area (Å²) in [6, 6.07) is 7.68. The number of benzene rings is 1. The maximum Gasteiger partial charge on any atom is 0.241 e. The van der Waals surface area contributed by atoms with Gasteiger partial charge in [0.1, 0.15) is 4.99 Å². The highest BCUT2D eigenvalue weighted by atomic mass is 32.1. The van der Waals surface area contributed by atoms with Crippen molar-refractivity contribution in [1.29, 1.82) is 0 Å². The van der Waals surface area contributed by atoms with Gasteiger partial charge in [-0.1, -0.05) is 24.4 Å². The Labute approximate surface area is 125 Å². The highest BCUT2D eigenvalue weighted by Gasteiger charge is 2.29. The Morgan fingerprint density at radius 1 is 1.50 bits per heavy atom. The third kappa shape index (κ3) is 3.16. The first kappa shape index (κ1) is 14.9. The molecule has 1 aliphatic heterocycles. The van der Waals surface area contributed by atoms with E-state index in [0.29, 0.717) is 22.3 Å². The molecule has 1 amide bonds. The molecule has 1 aromatic carbocycles. The van der Waals surface area contributed by atoms with Gasteiger partial charge in [-0.05, 0) is 45.4 Å². The summed E-state index contributed by atoms with van der Waals surface area (Å²) in [5, 5.41) is 2.94. The van der Waals surface area contributed by atoms with E-state index in [1.807, 2.05) is 31.2 Å². The number of hydrogen-bond donors (Lipinski definition) is 2. The Hall–Kier alpha value is -1.46. The van der Waals surface area contributed by atoms with Crippen molar-refractivity contribution in [3.8, 4) is 0 Å². The SMILES string of the molecule is CC1CCCN1C(C)C(=O)Nc1ccccc1C(N)=S. The lowest BCUT2D eigenvalue weighted by molar-refractivity contribution is -0.121. The van der Waals surface area contributed by atoms with Crippen LogP contribution >= 0.6 is 12.2 Å². The van der Waals surface area contributed by atoms with Crippen LogP contribution < -0.4 is 11.1 Å². The number of thiocarbonyl (C=S) groups is 1. The minimum absolute atomic E-state index is 0.0116. The Bertz CT molecular complexity index is 518. The second-order valence-corrected chi connectivity index (χ2v) is 5.74. The monoisotopic (exact) mass is 291 g/mol. The molecule has 0 saturated carbocycles. The topological polar surface area (TPSA) is 58.4 Å². The van der Waals surface area contributed by atoms with Crippen molar-refractivity contribution in [3.05, 3.63) is 29.8 Å². The summed E-state index contributed by atoms with van der Waals surface area (Å²) >= 11 is 5.01. The standard InChI is InChI=1S/C15H21N3OS/c1-10-6-5-9-18(10)11(2)15(19)17-13-8-4-3-7-12(13)14(16)20/h3-4,7-8,10-11H,5-6,9H2,1-2H3,(H2,16,20)(H,17,19). The van der Waals surface area contributed by atoms with Gasteiger partial charge < -0.3 is 11.1 Å². The van der Waals surface area contributed by atoms with Gasteiger partial charge in [-0.15, -0.1) is 0 Å². The lowest BCUT2D eigenvalue weighted by Crippen LogP contribution is -2.43. The molecule has 0 aromatic heterocycles. The average molecular weight is 291 g/mol. The van der Waals surface area contributed by atoms with Crippen LogP contribution in [-0.2, 0) is 4.79 Å². The molecular weight excluding hydrogens is 270 g/mol. The first-order valence-corrected chi connectivity index (χ1v) is 7.37. The lowest BCUT2D eigenvalue weighted by atomic mass is 10.1. The Kier molecular flexibility index (Phi) is 4.73. The predicted octanol–water partition coefficient (Wildman–Crippen LogP) is 2.13. The molecule has 2 rings (SSSR count). The number of nitrogens with two attached hydrogens (primary N) is 1. The highest BCUT2D eigenvalue weighted by molar-refractivity contribution is 7.80. The minimum Gasteiger partial charge on any atom is -0.389 e. The Morgan fingerprint density at radius 2 is 2.20 bits per heavy atom. The van der Waals surface area contributed by atoms with E-state index in [1.54, 1.807) is 0 Å². The summed E-state index contributed by atoms with van der Waals surface area (Å²) in [6.07, 6.45) is 2.31. The van der Waals surface area contributed by atoms with Crippen LogP contribution in [0, 0.1) is 0 Å². The Morgan fingerprint density at radius 3 is 2.80 bits per heavy atom. The van der Waals surface area contributed by atoms with Crippen molar-refractivity contribution in [2.75, 3.05) is 11.9 Å². The predicted molar refractivity (Wildman–Crippen MR) is 85.8 cm³/mol. The summed E-state index contributed by atoms with van der Waals surface area (Å²) < 4.78 is 0. The Balaban J connectivity index is 2.10. The highest BCUT2D eigenvalue weighted by Crippen LogP contribution is 2.21. The summed E-state index contributed by atoms with van der Waals surface area (Å²) in [7, 11) is 0. The third-order valence-electron chi connectivity index (χ3n) is 3.93. The number of anilines is 1. The number of likely N-dealkylation sites (tertiary alicyclic amines) is 1. The van der Waals surface area contributed by atoms with Gasteiger partial charge in [0.25, 0.3) is 0 Å². The molecule has 2 unspecified atom stereocenters. The number of rotatable bonds is 4. The molecule has 4 nitrogen and oxygen atoms in total. The van der Waals surface area contributed by atoms with Crippen LogP contribution in [0.15, 0.2) is 24.3 Å². The minimum atomic E-state index is -0.146. The number of nitrogens with zero attached hydrogens (tertiary/aromatic N) is 1. The van der Waals surface area contributed by atoms with Crippen LogP contribution in [0.2, 0.25) is 0 Å². The molecule has 20 heavy (non-hydrogen) atoms. The van der Waals surface area contributed by atoms with Gasteiger partial charge in [-0.2, -0.15) is 0 Å². The smallest absolute Gasteiger partial charge is 0.241 e. The van der Waals surface area contributed by atoms with Crippen molar-refractivity contribution < 1.29 is 4.79 Å². The molecule has 2 atom stereocenters. The van der Waals surface area contributed by atoms with Crippen molar-refractivity contribution in [1.82, 2.24) is 4.90 Å². The lowest BCUT2D eigenvalue weighted by Gasteiger charge is -2.27. The molecule has 0 aliphatic carbocycles. The molecule has 0 bridgehead atoms. The average Bonchev–Trinajstić information content (AvgIpc) is 2.84. The maximum absolute atomic E-state index is 12.4. The molecule has 108 valence electrons. The zero-order valence-corrected chi connectivity index (χ0v) is 12.7. The van der Waals surface area contributed by atoms with Crippen LogP contribution in [0.25, 0.3) is 0 Å². The van der Waals surface area contributed by atoms with E-state index in [4.69, 9.17) is 18.0 Å². The second kappa shape index (κ2) is 6.33. The van der Waals surface area contributed by atoms with Crippen LogP contribution in [0.3, 0.4) is 0 Å². The van der Waals surface area contributed by atoms with Gasteiger partial charge >= 0.3 is 0 Å². The first-order valence-electron chi connectivity index (χ1n) is 6.96. The number of nitrogens with one attached hydrogen (secondary N) is 1. The number of amides is 1. The van der Waals surface area contributed by atoms with Crippen molar-refractivity contribution >= 4 is 28.8 Å². The largest absolute Gasteiger partial charge is 0.389 e. The zero-order valence-electron chi connectivity index (χ0n) is 11.9. The van der Waals surface area contributed by atoms with E-state index in [0.717, 1.165) is 19.4 Å². The maximum atomic E-state index is 12.4. The van der Waals surface area contributed by atoms with Crippen molar-refractivity contribution in [3.63, 3.8) is 0 Å². The van der Waals surface area contributed by atoms with Gasteiger partial charge in [0.05, 0.1) is 11.7 Å². The molecule has 1 fully saturated rings. The van der Waals surface area contributed by atoms with Crippen molar-refractivity contribution in [2.45, 2.75) is 38.8 Å². The van der Waals surface area contributed by atoms with Crippen LogP contribution in [0.1, 0.15) is 32.3 Å². The van der Waals surface area contributed by atoms with Crippen LogP contribution in [0.4, 0.5) is 5.69 Å². The first-order chi connectivity index (χ1) is 9.50. The number of carbonyl (C=O) groups excluding carboxylic acids is 1. The molecule has 1 aliphatic rings. The van der Waals surface area contributed by atoms with E-state index in [1.165, 1.54) is 0 Å². The third-order valence-corrected chi connectivity index (χ3v) is 4.15. The fourth-order valence-corrected chi connectivity index (χ4v) is 2.90. The number of hydrogen-bond acceptors (Lipinski definition) is 3. The van der Waals surface area contributed by atoms with Gasteiger partial charge in [0.2, 0.25) is 5.91 Å². The summed E-state index contributed by atoms with van der Waals surface area (Å²) in [5.74, 6) is -0.0116. The van der Waals surface area contributed by atoms with Crippen LogP contribution in [-0.4, -0.2) is 34.4 Å². The van der Waals surface area contributed by atoms with E-state index >= 15 is 0 Å². The number of carbonyl (C=O) groups is 1. The molecule has 0 spiro atoms. The molecule has 5 heteroatoms. The molecule has 3 N–H and O–H groups in total. The second-order valence-electron chi connectivity index (χ2n) is 5.30. The van der Waals surface area contributed by atoms with E-state index in [2.05, 4.69) is 17.1 Å². The van der Waals surface area contributed by atoms with Gasteiger partial charge in [0.15, 0.2) is 0 Å². The quantitative estimate of drug-likeness (QED) is 0.834. The molecule has 1 saturated heterocycles. The fraction of sp³-hybridized carbons (Fsp3) is 0.467. The summed E-state index contributed by atoms with van der Waals surface area (Å²) in [5.41, 5.74) is 7.07. The molecule has 0 radical (unpaired) electrons. The van der Waals surface area contributed by atoms with E-state index in [-0.39, 0.29) is 11.9 Å². The molecule has 1 aromatic rings. The molecular formula is C15H21N3OS. The number of para-hydroxylation sites is 1. The summed E-state index contributed by atoms with van der Waals surface area (Å²) in [4.78, 5) is 14.9. The van der Waals surface area contributed by atoms with Gasteiger partial charge in [0, 0.05) is 11.6 Å². The van der Waals surface area contributed by atoms with E-state index in [9.17, 15) is 4.79 Å². The van der Waals surface area contributed by atoms with Crippen molar-refractivity contribution in [2.24, 2.45) is 5.73 Å². The van der Waals surface area contributed by atoms with Crippen LogP contribution in [0.5, 0.6) is 0 Å². The zero-order chi connectivity index (χ0) is 14.7. The summed E-state index contributed by atoms with van der Waals surface area (Å²) in [6.45, 7) is 5.09. The normalized spacial score (nSPS) is 20.6. The molecule has 1 heterocycles. The van der Waals surface area contributed by atoms with E-state index < -0.39 is 0 Å². The van der Waals surface area contributed by atoms with Gasteiger partial charge in [-0.3, -0.25) is 9.69 Å². The van der Waals surface area contributed by atoms with Gasteiger partial charge in [-0.25, -0.2) is 0 Å².